The molecule has 1 atom stereocenters. The summed E-state index contributed by atoms with van der Waals surface area (Å²) in [7, 11) is -8.86. The Bertz CT molecular complexity index is 246. The monoisotopic (exact) mass is 176 g/mol. The molecule has 1 fully saturated rings. The van der Waals surface area contributed by atoms with Crippen molar-refractivity contribution in [2.24, 2.45) is 0 Å². The van der Waals surface area contributed by atoms with Crippen LogP contribution in [-0.4, -0.2) is 13.3 Å². The Kier molecular flexibility index (Phi) is 1.39. The van der Waals surface area contributed by atoms with Gasteiger partial charge in [-0.25, -0.2) is 4.57 Å². The molecule has 0 aliphatic carbocycles. The van der Waals surface area contributed by atoms with Gasteiger partial charge in [-0.1, -0.05) is 4.33 Å². The molecular weight excluding hydrogens is 175 g/mol. The molecule has 0 radical (unpaired) electrons. The van der Waals surface area contributed by atoms with Gasteiger partial charge in [-0.2, -0.15) is 8.42 Å². The maximum absolute atomic E-state index is 10.0. The Hall–Kier alpha value is 0.0200. The van der Waals surface area contributed by atoms with Gasteiger partial charge in [0.1, 0.15) is 0 Å². The molecule has 0 saturated carbocycles. The third-order valence-corrected chi connectivity index (χ3v) is 2.48. The van der Waals surface area contributed by atoms with E-state index in [9.17, 15) is 13.0 Å². The van der Waals surface area contributed by atoms with Crippen molar-refractivity contribution in [3.8, 4) is 0 Å². The zero-order valence-electron chi connectivity index (χ0n) is 3.75. The van der Waals surface area contributed by atoms with E-state index in [0.29, 0.717) is 0 Å². The predicted molar refractivity (Wildman–Crippen MR) is 22.0 cm³/mol. The first-order valence-electron chi connectivity index (χ1n) is 1.58. The summed E-state index contributed by atoms with van der Waals surface area (Å²) in [6, 6.07) is 0. The average molecular weight is 176 g/mol. The molecule has 0 spiro atoms. The van der Waals surface area contributed by atoms with Crippen LogP contribution in [-0.2, 0) is 27.9 Å². The molecule has 0 bridgehead atoms. The van der Waals surface area contributed by atoms with Crippen LogP contribution < -0.4 is 0 Å². The second kappa shape index (κ2) is 1.75. The van der Waals surface area contributed by atoms with Crippen molar-refractivity contribution >= 4 is 18.2 Å². The fourth-order valence-corrected chi connectivity index (χ4v) is 1.94. The lowest BCUT2D eigenvalue weighted by Gasteiger charge is -1.87. The van der Waals surface area contributed by atoms with Gasteiger partial charge < -0.3 is 4.89 Å². The maximum atomic E-state index is 10.0. The largest absolute Gasteiger partial charge is 0.517 e. The molecule has 1 saturated heterocycles. The van der Waals surface area contributed by atoms with E-state index in [1.807, 2.05) is 0 Å². The molecular formula is HO7PS. The third kappa shape index (κ3) is 1.71. The van der Waals surface area contributed by atoms with E-state index in [1.54, 1.807) is 0 Å². The smallest absolute Gasteiger partial charge is 0.300 e. The van der Waals surface area contributed by atoms with Gasteiger partial charge in [0.05, 0.1) is 0 Å². The van der Waals surface area contributed by atoms with Gasteiger partial charge in [0.2, 0.25) is 0 Å². The summed E-state index contributed by atoms with van der Waals surface area (Å²) in [5.41, 5.74) is 0. The van der Waals surface area contributed by atoms with E-state index in [0.717, 1.165) is 0 Å². The van der Waals surface area contributed by atoms with Gasteiger partial charge >= 0.3 is 18.2 Å². The standard InChI is InChI=1S/HO7PS/c1-8(2)5-6-9(3,4)7-8/h(H,1,2). The molecule has 1 aliphatic heterocycles. The second-order valence-corrected chi connectivity index (χ2v) is 3.73. The Morgan fingerprint density at radius 3 is 2.11 bits per heavy atom. The minimum Gasteiger partial charge on any atom is -0.300 e. The minimum absolute atomic E-state index is 3.29. The van der Waals surface area contributed by atoms with E-state index in [2.05, 4.69) is 13.0 Å². The number of hydrogen-bond acceptors (Lipinski definition) is 6. The average Bonchev–Trinajstić information content (AvgIpc) is 1.78. The Balaban J connectivity index is 2.94. The van der Waals surface area contributed by atoms with Crippen molar-refractivity contribution < 1.29 is 30.9 Å². The molecule has 1 aliphatic rings. The normalized spacial score (nSPS) is 41.0. The fourth-order valence-electron chi connectivity index (χ4n) is 0.216. The molecule has 9 heavy (non-hydrogen) atoms. The Morgan fingerprint density at radius 2 is 2.00 bits per heavy atom. The van der Waals surface area contributed by atoms with E-state index in [4.69, 9.17) is 4.89 Å². The molecule has 0 aromatic rings. The van der Waals surface area contributed by atoms with Crippen molar-refractivity contribution in [1.29, 1.82) is 0 Å². The molecule has 0 aromatic carbocycles. The number of hydrogen-bond donors (Lipinski definition) is 1. The lowest BCUT2D eigenvalue weighted by Crippen LogP contribution is -1.94. The van der Waals surface area contributed by atoms with Gasteiger partial charge in [0.25, 0.3) is 0 Å². The molecule has 1 heterocycles. The summed E-state index contributed by atoms with van der Waals surface area (Å²) in [5.74, 6) is 0. The van der Waals surface area contributed by atoms with E-state index in [1.165, 1.54) is 0 Å². The number of rotatable bonds is 0. The van der Waals surface area contributed by atoms with Crippen molar-refractivity contribution in [1.82, 2.24) is 0 Å². The molecule has 9 heteroatoms. The molecule has 1 N–H and O–H groups in total. The van der Waals surface area contributed by atoms with Gasteiger partial charge in [-0.15, -0.1) is 8.64 Å². The quantitative estimate of drug-likeness (QED) is 0.385. The van der Waals surface area contributed by atoms with Crippen molar-refractivity contribution in [3.05, 3.63) is 0 Å². The summed E-state index contributed by atoms with van der Waals surface area (Å²) in [6.45, 7) is 0. The lowest BCUT2D eigenvalue weighted by molar-refractivity contribution is -0.0897. The van der Waals surface area contributed by atoms with Crippen LogP contribution in [0.3, 0.4) is 0 Å². The van der Waals surface area contributed by atoms with Crippen molar-refractivity contribution in [3.63, 3.8) is 0 Å². The van der Waals surface area contributed by atoms with Crippen LogP contribution in [0.25, 0.3) is 0 Å². The van der Waals surface area contributed by atoms with E-state index in [-0.39, 0.29) is 0 Å². The first kappa shape index (κ1) is 7.13. The third-order valence-electron chi connectivity index (χ3n) is 0.393. The second-order valence-electron chi connectivity index (χ2n) is 1.09. The van der Waals surface area contributed by atoms with Crippen molar-refractivity contribution in [2.45, 2.75) is 0 Å². The summed E-state index contributed by atoms with van der Waals surface area (Å²) in [6.07, 6.45) is 0. The van der Waals surface area contributed by atoms with Gasteiger partial charge in [-0.05, 0) is 0 Å². The van der Waals surface area contributed by atoms with Crippen LogP contribution in [0.15, 0.2) is 0 Å². The summed E-state index contributed by atoms with van der Waals surface area (Å²) < 4.78 is 39.9. The molecule has 7 nitrogen and oxygen atoms in total. The van der Waals surface area contributed by atoms with Crippen LogP contribution in [0.1, 0.15) is 0 Å². The highest BCUT2D eigenvalue weighted by molar-refractivity contribution is 7.87. The predicted octanol–water partition coefficient (Wildman–Crippen LogP) is -0.690. The molecule has 0 amide bonds. The fraction of sp³-hybridized carbons (Fsp3) is 0. The first-order chi connectivity index (χ1) is 3.91. The maximum Gasteiger partial charge on any atom is 0.517 e. The zero-order chi connectivity index (χ0) is 7.12. The molecule has 54 valence electrons. The highest BCUT2D eigenvalue weighted by Crippen LogP contribution is 2.51. The van der Waals surface area contributed by atoms with Crippen LogP contribution in [0.4, 0.5) is 0 Å². The minimum atomic E-state index is -4.47. The summed E-state index contributed by atoms with van der Waals surface area (Å²) >= 11 is 0. The zero-order valence-corrected chi connectivity index (χ0v) is 5.46. The van der Waals surface area contributed by atoms with Crippen LogP contribution in [0, 0.1) is 0 Å². The Morgan fingerprint density at radius 1 is 1.44 bits per heavy atom. The SMILES string of the molecule is O=P1(O)OOS(=O)(=O)O1. The molecule has 1 unspecified atom stereocenters. The first-order valence-corrected chi connectivity index (χ1v) is 4.41. The lowest BCUT2D eigenvalue weighted by atomic mass is 14.9. The van der Waals surface area contributed by atoms with Crippen LogP contribution >= 0.6 is 7.82 Å². The van der Waals surface area contributed by atoms with Gasteiger partial charge in [0.15, 0.2) is 0 Å². The summed E-state index contributed by atoms with van der Waals surface area (Å²) in [4.78, 5) is 8.14. The van der Waals surface area contributed by atoms with Crippen molar-refractivity contribution in [2.75, 3.05) is 0 Å². The highest BCUT2D eigenvalue weighted by Gasteiger charge is 2.42. The van der Waals surface area contributed by atoms with Crippen LogP contribution in [0.5, 0.6) is 0 Å². The molecule has 1 rings (SSSR count). The van der Waals surface area contributed by atoms with E-state index >= 15 is 0 Å². The summed E-state index contributed by atoms with van der Waals surface area (Å²) in [5, 5.41) is 0. The molecule has 0 aromatic heterocycles. The topological polar surface area (TPSA) is 99.1 Å². The number of phosphoric acid groups is 1. The van der Waals surface area contributed by atoms with E-state index < -0.39 is 18.2 Å². The van der Waals surface area contributed by atoms with Crippen LogP contribution in [0.2, 0.25) is 0 Å². The Labute approximate surface area is 50.0 Å². The van der Waals surface area contributed by atoms with Gasteiger partial charge in [0, 0.05) is 0 Å². The van der Waals surface area contributed by atoms with Gasteiger partial charge in [-0.3, -0.25) is 0 Å². The highest BCUT2D eigenvalue weighted by atomic mass is 32.3.